The molecule has 0 bridgehead atoms. The lowest BCUT2D eigenvalue weighted by Crippen LogP contribution is -2.44. The number of amides is 2. The van der Waals surface area contributed by atoms with Crippen LogP contribution in [0.15, 0.2) is 35.7 Å². The number of carbonyl (C=O) groups is 2. The van der Waals surface area contributed by atoms with Gasteiger partial charge in [-0.3, -0.25) is 9.59 Å². The number of hydrogen-bond acceptors (Lipinski definition) is 4. The van der Waals surface area contributed by atoms with E-state index >= 15 is 0 Å². The predicted octanol–water partition coefficient (Wildman–Crippen LogP) is 2.70. The van der Waals surface area contributed by atoms with Crippen LogP contribution in [0.2, 0.25) is 0 Å². The number of thiophene rings is 1. The molecule has 5 nitrogen and oxygen atoms in total. The molecule has 2 atom stereocenters. The molecule has 1 saturated heterocycles. The molecule has 4 rings (SSSR count). The molecule has 1 fully saturated rings. The lowest BCUT2D eigenvalue weighted by molar-refractivity contribution is -0.122. The summed E-state index contributed by atoms with van der Waals surface area (Å²) in [6, 6.07) is 9.73. The second-order valence-corrected chi connectivity index (χ2v) is 7.70. The van der Waals surface area contributed by atoms with Crippen molar-refractivity contribution in [1.29, 1.82) is 0 Å². The SMILES string of the molecule is Cc1ccsc1CCC(=O)NC1CC2C(=O)Nc3ccccc3N2C1. The maximum absolute atomic E-state index is 12.3. The maximum Gasteiger partial charge on any atom is 0.247 e. The number of aryl methyl sites for hydroxylation is 2. The molecule has 0 radical (unpaired) electrons. The molecule has 3 heterocycles. The van der Waals surface area contributed by atoms with Gasteiger partial charge in [0.2, 0.25) is 11.8 Å². The molecule has 2 aromatic rings. The van der Waals surface area contributed by atoms with E-state index < -0.39 is 0 Å². The van der Waals surface area contributed by atoms with E-state index in [1.54, 1.807) is 11.3 Å². The molecule has 1 aromatic carbocycles. The van der Waals surface area contributed by atoms with E-state index in [-0.39, 0.29) is 23.9 Å². The van der Waals surface area contributed by atoms with Gasteiger partial charge in [-0.1, -0.05) is 12.1 Å². The van der Waals surface area contributed by atoms with Gasteiger partial charge in [-0.05, 0) is 48.9 Å². The fourth-order valence-corrected chi connectivity index (χ4v) is 4.60. The fourth-order valence-electron chi connectivity index (χ4n) is 3.69. The van der Waals surface area contributed by atoms with E-state index in [9.17, 15) is 9.59 Å². The second kappa shape index (κ2) is 6.52. The topological polar surface area (TPSA) is 61.4 Å². The van der Waals surface area contributed by atoms with Gasteiger partial charge in [0.15, 0.2) is 0 Å². The Labute approximate surface area is 151 Å². The minimum Gasteiger partial charge on any atom is -0.356 e. The summed E-state index contributed by atoms with van der Waals surface area (Å²) in [6.45, 7) is 2.76. The average molecular weight is 355 g/mol. The average Bonchev–Trinajstić information content (AvgIpc) is 3.20. The van der Waals surface area contributed by atoms with Gasteiger partial charge in [-0.25, -0.2) is 0 Å². The van der Waals surface area contributed by atoms with Crippen molar-refractivity contribution >= 4 is 34.5 Å². The van der Waals surface area contributed by atoms with Gasteiger partial charge in [0.25, 0.3) is 0 Å². The number of fused-ring (bicyclic) bond motifs is 3. The summed E-state index contributed by atoms with van der Waals surface area (Å²) in [5.74, 6) is 0.0796. The van der Waals surface area contributed by atoms with Gasteiger partial charge in [0.1, 0.15) is 6.04 Å². The summed E-state index contributed by atoms with van der Waals surface area (Å²) in [7, 11) is 0. The first-order valence-electron chi connectivity index (χ1n) is 8.60. The Morgan fingerprint density at radius 1 is 1.36 bits per heavy atom. The summed E-state index contributed by atoms with van der Waals surface area (Å²) in [6.07, 6.45) is 1.92. The van der Waals surface area contributed by atoms with Crippen LogP contribution in [0.3, 0.4) is 0 Å². The third-order valence-corrected chi connectivity index (χ3v) is 6.07. The third kappa shape index (κ3) is 3.14. The first-order valence-corrected chi connectivity index (χ1v) is 9.48. The van der Waals surface area contributed by atoms with E-state index in [0.29, 0.717) is 19.4 Å². The standard InChI is InChI=1S/C19H21N3O2S/c1-12-8-9-25-17(12)6-7-18(23)20-13-10-16-19(24)21-14-4-2-3-5-15(14)22(16)11-13/h2-5,8-9,13,16H,6-7,10-11H2,1H3,(H,20,23)(H,21,24). The first kappa shape index (κ1) is 16.1. The summed E-state index contributed by atoms with van der Waals surface area (Å²) in [5.41, 5.74) is 3.14. The van der Waals surface area contributed by atoms with Crippen LogP contribution in [0, 0.1) is 6.92 Å². The quantitative estimate of drug-likeness (QED) is 0.886. The predicted molar refractivity (Wildman–Crippen MR) is 100 cm³/mol. The zero-order valence-electron chi connectivity index (χ0n) is 14.1. The lowest BCUT2D eigenvalue weighted by Gasteiger charge is -2.32. The highest BCUT2D eigenvalue weighted by Gasteiger charge is 2.41. The van der Waals surface area contributed by atoms with Crippen LogP contribution in [0.1, 0.15) is 23.3 Å². The molecule has 6 heteroatoms. The van der Waals surface area contributed by atoms with Gasteiger partial charge < -0.3 is 15.5 Å². The van der Waals surface area contributed by atoms with Crippen LogP contribution in [-0.4, -0.2) is 30.4 Å². The van der Waals surface area contributed by atoms with Gasteiger partial charge in [-0.2, -0.15) is 0 Å². The smallest absolute Gasteiger partial charge is 0.247 e. The number of anilines is 2. The zero-order chi connectivity index (χ0) is 17.4. The van der Waals surface area contributed by atoms with Crippen LogP contribution in [0.4, 0.5) is 11.4 Å². The molecule has 0 spiro atoms. The number of nitrogens with zero attached hydrogens (tertiary/aromatic N) is 1. The largest absolute Gasteiger partial charge is 0.356 e. The summed E-state index contributed by atoms with van der Waals surface area (Å²) >= 11 is 1.70. The molecule has 2 aliphatic rings. The Balaban J connectivity index is 1.38. The molecule has 0 saturated carbocycles. The Morgan fingerprint density at radius 3 is 3.00 bits per heavy atom. The zero-order valence-corrected chi connectivity index (χ0v) is 14.9. The Bertz CT molecular complexity index is 817. The molecular formula is C19H21N3O2S. The van der Waals surface area contributed by atoms with Crippen molar-refractivity contribution in [3.8, 4) is 0 Å². The highest BCUT2D eigenvalue weighted by atomic mass is 32.1. The van der Waals surface area contributed by atoms with Gasteiger partial charge >= 0.3 is 0 Å². The van der Waals surface area contributed by atoms with Crippen LogP contribution < -0.4 is 15.5 Å². The Morgan fingerprint density at radius 2 is 2.20 bits per heavy atom. The number of para-hydroxylation sites is 2. The number of benzene rings is 1. The van der Waals surface area contributed by atoms with Gasteiger partial charge in [0, 0.05) is 23.9 Å². The number of rotatable bonds is 4. The normalized spacial score (nSPS) is 21.5. The molecule has 2 aliphatic heterocycles. The van der Waals surface area contributed by atoms with Crippen LogP contribution >= 0.6 is 11.3 Å². The first-order chi connectivity index (χ1) is 12.1. The Hall–Kier alpha value is -2.34. The van der Waals surface area contributed by atoms with Crippen molar-refractivity contribution in [2.45, 2.75) is 38.3 Å². The molecule has 25 heavy (non-hydrogen) atoms. The van der Waals surface area contributed by atoms with Crippen molar-refractivity contribution in [2.75, 3.05) is 16.8 Å². The third-order valence-electron chi connectivity index (χ3n) is 4.99. The summed E-state index contributed by atoms with van der Waals surface area (Å²) in [5, 5.41) is 8.14. The van der Waals surface area contributed by atoms with E-state index in [1.807, 2.05) is 24.3 Å². The van der Waals surface area contributed by atoms with Crippen LogP contribution in [-0.2, 0) is 16.0 Å². The monoisotopic (exact) mass is 355 g/mol. The van der Waals surface area contributed by atoms with E-state index in [4.69, 9.17) is 0 Å². The summed E-state index contributed by atoms with van der Waals surface area (Å²) < 4.78 is 0. The Kier molecular flexibility index (Phi) is 4.21. The van der Waals surface area contributed by atoms with Gasteiger partial charge in [0.05, 0.1) is 11.4 Å². The van der Waals surface area contributed by atoms with Crippen LogP contribution in [0.5, 0.6) is 0 Å². The molecule has 2 amide bonds. The van der Waals surface area contributed by atoms with Crippen molar-refractivity contribution in [3.05, 3.63) is 46.2 Å². The van der Waals surface area contributed by atoms with Crippen molar-refractivity contribution in [3.63, 3.8) is 0 Å². The molecule has 130 valence electrons. The number of nitrogens with one attached hydrogen (secondary N) is 2. The van der Waals surface area contributed by atoms with Crippen molar-refractivity contribution in [1.82, 2.24) is 5.32 Å². The molecule has 2 unspecified atom stereocenters. The molecule has 0 aliphatic carbocycles. The molecule has 2 N–H and O–H groups in total. The summed E-state index contributed by atoms with van der Waals surface area (Å²) in [4.78, 5) is 28.0. The minimum absolute atomic E-state index is 0.0128. The molecule has 1 aromatic heterocycles. The van der Waals surface area contributed by atoms with E-state index in [0.717, 1.165) is 17.8 Å². The maximum atomic E-state index is 12.3. The minimum atomic E-state index is -0.195. The lowest BCUT2D eigenvalue weighted by atomic mass is 10.1. The van der Waals surface area contributed by atoms with Gasteiger partial charge in [-0.15, -0.1) is 11.3 Å². The highest BCUT2D eigenvalue weighted by molar-refractivity contribution is 7.10. The highest BCUT2D eigenvalue weighted by Crippen LogP contribution is 2.36. The fraction of sp³-hybridized carbons (Fsp3) is 0.368. The molecular weight excluding hydrogens is 334 g/mol. The van der Waals surface area contributed by atoms with E-state index in [1.165, 1.54) is 10.4 Å². The van der Waals surface area contributed by atoms with E-state index in [2.05, 4.69) is 33.9 Å². The number of hydrogen-bond donors (Lipinski definition) is 2. The van der Waals surface area contributed by atoms with Crippen molar-refractivity contribution in [2.24, 2.45) is 0 Å². The van der Waals surface area contributed by atoms with Crippen LogP contribution in [0.25, 0.3) is 0 Å². The number of carbonyl (C=O) groups excluding carboxylic acids is 2. The van der Waals surface area contributed by atoms with Crippen molar-refractivity contribution < 1.29 is 9.59 Å². The second-order valence-electron chi connectivity index (χ2n) is 6.70.